The van der Waals surface area contributed by atoms with E-state index in [4.69, 9.17) is 0 Å². The molecule has 2 unspecified atom stereocenters. The fraction of sp³-hybridized carbons (Fsp3) is 1.00. The van der Waals surface area contributed by atoms with Gasteiger partial charge in [0.05, 0.1) is 5.92 Å². The Morgan fingerprint density at radius 1 is 1.00 bits per heavy atom. The lowest BCUT2D eigenvalue weighted by molar-refractivity contribution is -0.215. The van der Waals surface area contributed by atoms with Crippen molar-refractivity contribution >= 4 is 0 Å². The first-order chi connectivity index (χ1) is 8.03. The maximum atomic E-state index is 13.0. The van der Waals surface area contributed by atoms with Crippen LogP contribution in [0.15, 0.2) is 0 Å². The molecule has 0 saturated carbocycles. The van der Waals surface area contributed by atoms with Gasteiger partial charge in [-0.3, -0.25) is 4.90 Å². The molecule has 0 aromatic carbocycles. The van der Waals surface area contributed by atoms with Crippen molar-refractivity contribution in [2.45, 2.75) is 44.3 Å². The Bertz CT molecular complexity index is 262. The molecule has 1 saturated heterocycles. The van der Waals surface area contributed by atoms with Gasteiger partial charge in [-0.1, -0.05) is 0 Å². The lowest BCUT2D eigenvalue weighted by Gasteiger charge is -2.39. The fourth-order valence-electron chi connectivity index (χ4n) is 2.26. The molecule has 1 aliphatic heterocycles. The quantitative estimate of drug-likeness (QED) is 0.700. The summed E-state index contributed by atoms with van der Waals surface area (Å²) in [4.78, 5) is 0.757. The van der Waals surface area contributed by atoms with Crippen LogP contribution in [0.4, 0.5) is 30.7 Å². The topological polar surface area (TPSA) is 3.24 Å². The van der Waals surface area contributed by atoms with Crippen molar-refractivity contribution in [1.29, 1.82) is 0 Å². The molecule has 18 heavy (non-hydrogen) atoms. The Morgan fingerprint density at radius 3 is 1.72 bits per heavy atom. The highest BCUT2D eigenvalue weighted by molar-refractivity contribution is 4.88. The maximum absolute atomic E-state index is 13.0. The van der Waals surface area contributed by atoms with E-state index in [1.54, 1.807) is 0 Å². The molecule has 1 fully saturated rings. The second kappa shape index (κ2) is 5.22. The van der Waals surface area contributed by atoms with Gasteiger partial charge in [0.1, 0.15) is 12.2 Å². The van der Waals surface area contributed by atoms with Crippen molar-refractivity contribution in [2.75, 3.05) is 13.1 Å². The standard InChI is InChI=1S/C10H14F7N/c1-6(11)8(10(15,16)17)18-4-2-7(3-5-18)9(12,13)14/h6-8H,2-5H2,1H3. The molecule has 108 valence electrons. The van der Waals surface area contributed by atoms with Crippen LogP contribution in [-0.2, 0) is 0 Å². The summed E-state index contributed by atoms with van der Waals surface area (Å²) in [6.45, 7) is -0.000764. The van der Waals surface area contributed by atoms with Gasteiger partial charge < -0.3 is 0 Å². The molecular formula is C10H14F7N. The molecule has 0 bridgehead atoms. The van der Waals surface area contributed by atoms with Crippen molar-refractivity contribution in [1.82, 2.24) is 4.90 Å². The average molecular weight is 281 g/mol. The number of likely N-dealkylation sites (tertiary alicyclic amines) is 1. The summed E-state index contributed by atoms with van der Waals surface area (Å²) < 4.78 is 87.8. The normalized spacial score (nSPS) is 24.0. The minimum absolute atomic E-state index is 0.386. The largest absolute Gasteiger partial charge is 0.406 e. The van der Waals surface area contributed by atoms with Gasteiger partial charge >= 0.3 is 12.4 Å². The highest BCUT2D eigenvalue weighted by atomic mass is 19.4. The van der Waals surface area contributed by atoms with E-state index in [1.807, 2.05) is 0 Å². The van der Waals surface area contributed by atoms with Gasteiger partial charge in [-0.25, -0.2) is 4.39 Å². The van der Waals surface area contributed by atoms with E-state index in [1.165, 1.54) is 0 Å². The molecule has 0 N–H and O–H groups in total. The predicted molar refractivity (Wildman–Crippen MR) is 50.8 cm³/mol. The van der Waals surface area contributed by atoms with Crippen LogP contribution < -0.4 is 0 Å². The van der Waals surface area contributed by atoms with Crippen molar-refractivity contribution < 1.29 is 30.7 Å². The fourth-order valence-corrected chi connectivity index (χ4v) is 2.26. The third-order valence-corrected chi connectivity index (χ3v) is 3.16. The molecule has 0 aromatic heterocycles. The number of hydrogen-bond donors (Lipinski definition) is 0. The molecule has 0 amide bonds. The van der Waals surface area contributed by atoms with E-state index in [-0.39, 0.29) is 13.1 Å². The lowest BCUT2D eigenvalue weighted by atomic mass is 9.94. The summed E-state index contributed by atoms with van der Waals surface area (Å²) in [7, 11) is 0. The molecule has 0 spiro atoms. The van der Waals surface area contributed by atoms with Gasteiger partial charge in [0.25, 0.3) is 0 Å². The van der Waals surface area contributed by atoms with Crippen LogP contribution >= 0.6 is 0 Å². The summed E-state index contributed by atoms with van der Waals surface area (Å²) in [5, 5.41) is 0. The predicted octanol–water partition coefficient (Wildman–Crippen LogP) is 3.55. The first-order valence-electron chi connectivity index (χ1n) is 5.55. The van der Waals surface area contributed by atoms with Crippen molar-refractivity contribution in [3.8, 4) is 0 Å². The van der Waals surface area contributed by atoms with E-state index in [0.717, 1.165) is 11.8 Å². The van der Waals surface area contributed by atoms with Gasteiger partial charge in [0.2, 0.25) is 0 Å². The number of rotatable bonds is 2. The zero-order chi connectivity index (χ0) is 14.1. The van der Waals surface area contributed by atoms with Crippen molar-refractivity contribution in [2.24, 2.45) is 5.92 Å². The number of hydrogen-bond acceptors (Lipinski definition) is 1. The minimum Gasteiger partial charge on any atom is -0.290 e. The highest BCUT2D eigenvalue weighted by Crippen LogP contribution is 2.37. The van der Waals surface area contributed by atoms with E-state index in [0.29, 0.717) is 0 Å². The summed E-state index contributed by atoms with van der Waals surface area (Å²) in [5.41, 5.74) is 0. The lowest BCUT2D eigenvalue weighted by Crippen LogP contribution is -2.54. The number of nitrogens with zero attached hydrogens (tertiary/aromatic N) is 1. The Kier molecular flexibility index (Phi) is 4.51. The second-order valence-electron chi connectivity index (χ2n) is 4.52. The van der Waals surface area contributed by atoms with Crippen LogP contribution in [0, 0.1) is 5.92 Å². The van der Waals surface area contributed by atoms with Crippen molar-refractivity contribution in [3.63, 3.8) is 0 Å². The molecule has 1 rings (SSSR count). The smallest absolute Gasteiger partial charge is 0.290 e. The van der Waals surface area contributed by atoms with E-state index >= 15 is 0 Å². The molecule has 0 radical (unpaired) electrons. The molecule has 0 aliphatic carbocycles. The first kappa shape index (κ1) is 15.5. The zero-order valence-corrected chi connectivity index (χ0v) is 9.65. The second-order valence-corrected chi connectivity index (χ2v) is 4.52. The van der Waals surface area contributed by atoms with E-state index in [2.05, 4.69) is 0 Å². The van der Waals surface area contributed by atoms with Gasteiger partial charge in [0.15, 0.2) is 0 Å². The Labute approximate surface area is 99.9 Å². The number of alkyl halides is 7. The summed E-state index contributed by atoms with van der Waals surface area (Å²) in [5.74, 6) is -1.59. The molecule has 1 aliphatic rings. The Morgan fingerprint density at radius 2 is 1.44 bits per heavy atom. The van der Waals surface area contributed by atoms with Gasteiger partial charge in [-0.15, -0.1) is 0 Å². The molecular weight excluding hydrogens is 267 g/mol. The van der Waals surface area contributed by atoms with Gasteiger partial charge in [-0.2, -0.15) is 26.3 Å². The molecule has 1 nitrogen and oxygen atoms in total. The van der Waals surface area contributed by atoms with Gasteiger partial charge in [0, 0.05) is 0 Å². The SMILES string of the molecule is CC(F)C(N1CCC(C(F)(F)F)CC1)C(F)(F)F. The number of piperidine rings is 1. The van der Waals surface area contributed by atoms with E-state index in [9.17, 15) is 30.7 Å². The number of halogens is 7. The van der Waals surface area contributed by atoms with E-state index < -0.39 is 43.3 Å². The van der Waals surface area contributed by atoms with Crippen LogP contribution in [0.5, 0.6) is 0 Å². The third kappa shape index (κ3) is 3.73. The molecule has 1 heterocycles. The molecule has 0 aromatic rings. The monoisotopic (exact) mass is 281 g/mol. The van der Waals surface area contributed by atoms with Crippen LogP contribution in [-0.4, -0.2) is 42.6 Å². The van der Waals surface area contributed by atoms with Crippen LogP contribution in [0.2, 0.25) is 0 Å². The Balaban J connectivity index is 2.66. The summed E-state index contributed by atoms with van der Waals surface area (Å²) in [6.07, 6.45) is -12.1. The minimum atomic E-state index is -4.76. The molecule has 2 atom stereocenters. The highest BCUT2D eigenvalue weighted by Gasteiger charge is 2.50. The van der Waals surface area contributed by atoms with Crippen LogP contribution in [0.25, 0.3) is 0 Å². The third-order valence-electron chi connectivity index (χ3n) is 3.16. The van der Waals surface area contributed by atoms with Crippen molar-refractivity contribution in [3.05, 3.63) is 0 Å². The Hall–Kier alpha value is -0.530. The maximum Gasteiger partial charge on any atom is 0.406 e. The summed E-state index contributed by atoms with van der Waals surface area (Å²) in [6, 6.07) is -2.31. The average Bonchev–Trinajstić information content (AvgIpc) is 2.13. The van der Waals surface area contributed by atoms with Gasteiger partial charge in [-0.05, 0) is 32.9 Å². The molecule has 8 heteroatoms. The zero-order valence-electron chi connectivity index (χ0n) is 9.65. The van der Waals surface area contributed by atoms with Crippen LogP contribution in [0.1, 0.15) is 19.8 Å². The van der Waals surface area contributed by atoms with Crippen LogP contribution in [0.3, 0.4) is 0 Å². The summed E-state index contributed by atoms with van der Waals surface area (Å²) >= 11 is 0. The first-order valence-corrected chi connectivity index (χ1v) is 5.55.